The number of fused-ring (bicyclic) bond motifs is 3. The highest BCUT2D eigenvalue weighted by Crippen LogP contribution is 2.27. The van der Waals surface area contributed by atoms with Crippen LogP contribution in [0.4, 0.5) is 0 Å². The van der Waals surface area contributed by atoms with Crippen molar-refractivity contribution >= 4 is 31.8 Å². The standard InChI is InChI=1S/C20H18N2O5S/c1-3-22-12-21-18-19(22)16-10-15(8-9-17(16)27-20(18)23)28(24,25)11-13-4-6-14(26-2)7-5-13/h4-10,12H,3,11H2,1-2H3. The number of hydrogen-bond acceptors (Lipinski definition) is 6. The molecule has 2 aromatic heterocycles. The Bertz CT molecular complexity index is 1340. The molecule has 0 fully saturated rings. The Hall–Kier alpha value is -3.13. The summed E-state index contributed by atoms with van der Waals surface area (Å²) in [6.07, 6.45) is 1.56. The third-order valence-electron chi connectivity index (χ3n) is 4.66. The highest BCUT2D eigenvalue weighted by atomic mass is 32.2. The second-order valence-electron chi connectivity index (χ2n) is 6.38. The predicted molar refractivity (Wildman–Crippen MR) is 105 cm³/mol. The highest BCUT2D eigenvalue weighted by Gasteiger charge is 2.19. The Labute approximate surface area is 161 Å². The summed E-state index contributed by atoms with van der Waals surface area (Å²) in [5, 5.41) is 0.546. The lowest BCUT2D eigenvalue weighted by atomic mass is 10.2. The molecule has 4 aromatic rings. The summed E-state index contributed by atoms with van der Waals surface area (Å²) in [6, 6.07) is 11.4. The Morgan fingerprint density at radius 3 is 2.57 bits per heavy atom. The van der Waals surface area contributed by atoms with Gasteiger partial charge in [0, 0.05) is 11.9 Å². The molecule has 144 valence electrons. The molecule has 0 N–H and O–H groups in total. The summed E-state index contributed by atoms with van der Waals surface area (Å²) in [5.74, 6) is 0.521. The van der Waals surface area contributed by atoms with Crippen molar-refractivity contribution in [3.63, 3.8) is 0 Å². The van der Waals surface area contributed by atoms with Crippen LogP contribution in [0.15, 0.2) is 62.9 Å². The number of ether oxygens (including phenoxy) is 1. The molecular formula is C20H18N2O5S. The van der Waals surface area contributed by atoms with Crippen molar-refractivity contribution < 1.29 is 17.6 Å². The fourth-order valence-electron chi connectivity index (χ4n) is 3.20. The van der Waals surface area contributed by atoms with E-state index in [1.807, 2.05) is 6.92 Å². The van der Waals surface area contributed by atoms with E-state index >= 15 is 0 Å². The maximum absolute atomic E-state index is 12.9. The minimum atomic E-state index is -3.60. The van der Waals surface area contributed by atoms with Gasteiger partial charge in [-0.1, -0.05) is 12.1 Å². The smallest absolute Gasteiger partial charge is 0.364 e. The van der Waals surface area contributed by atoms with Gasteiger partial charge in [0.15, 0.2) is 15.4 Å². The van der Waals surface area contributed by atoms with Crippen LogP contribution in [0.25, 0.3) is 22.0 Å². The normalized spacial score (nSPS) is 11.9. The summed E-state index contributed by atoms with van der Waals surface area (Å²) >= 11 is 0. The Morgan fingerprint density at radius 2 is 1.89 bits per heavy atom. The lowest BCUT2D eigenvalue weighted by Gasteiger charge is -2.08. The zero-order chi connectivity index (χ0) is 19.9. The second-order valence-corrected chi connectivity index (χ2v) is 8.37. The SMILES string of the molecule is CCn1cnc2c(=O)oc3ccc(S(=O)(=O)Cc4ccc(OC)cc4)cc3c21. The van der Waals surface area contributed by atoms with Crippen LogP contribution in [-0.4, -0.2) is 25.1 Å². The topological polar surface area (TPSA) is 91.4 Å². The maximum atomic E-state index is 12.9. The molecule has 0 atom stereocenters. The van der Waals surface area contributed by atoms with E-state index < -0.39 is 15.5 Å². The number of hydrogen-bond donors (Lipinski definition) is 0. The molecule has 0 saturated heterocycles. The lowest BCUT2D eigenvalue weighted by molar-refractivity contribution is 0.414. The molecule has 2 aromatic carbocycles. The largest absolute Gasteiger partial charge is 0.497 e. The number of sulfone groups is 1. The molecule has 0 saturated carbocycles. The molecule has 0 bridgehead atoms. The molecule has 0 spiro atoms. The van der Waals surface area contributed by atoms with Gasteiger partial charge in [-0.3, -0.25) is 0 Å². The van der Waals surface area contributed by atoms with Crippen molar-refractivity contribution in [2.24, 2.45) is 0 Å². The predicted octanol–water partition coefficient (Wildman–Crippen LogP) is 3.15. The van der Waals surface area contributed by atoms with Crippen LogP contribution in [0.1, 0.15) is 12.5 Å². The van der Waals surface area contributed by atoms with Crippen LogP contribution in [0.3, 0.4) is 0 Å². The van der Waals surface area contributed by atoms with Crippen LogP contribution >= 0.6 is 0 Å². The van der Waals surface area contributed by atoms with Gasteiger partial charge in [0.1, 0.15) is 11.3 Å². The average Bonchev–Trinajstić information content (AvgIpc) is 3.13. The van der Waals surface area contributed by atoms with Crippen molar-refractivity contribution in [1.29, 1.82) is 0 Å². The lowest BCUT2D eigenvalue weighted by Crippen LogP contribution is -2.06. The molecule has 0 aliphatic heterocycles. The number of nitrogens with zero attached hydrogens (tertiary/aromatic N) is 2. The summed E-state index contributed by atoms with van der Waals surface area (Å²) < 4.78 is 38.1. The van der Waals surface area contributed by atoms with Crippen LogP contribution < -0.4 is 10.4 Å². The minimum Gasteiger partial charge on any atom is -0.497 e. The van der Waals surface area contributed by atoms with Crippen molar-refractivity contribution in [1.82, 2.24) is 9.55 Å². The number of methoxy groups -OCH3 is 1. The van der Waals surface area contributed by atoms with Crippen molar-refractivity contribution in [3.05, 3.63) is 64.8 Å². The quantitative estimate of drug-likeness (QED) is 0.480. The molecule has 28 heavy (non-hydrogen) atoms. The van der Waals surface area contributed by atoms with Gasteiger partial charge in [-0.2, -0.15) is 0 Å². The summed E-state index contributed by atoms with van der Waals surface area (Å²) in [5.41, 5.74) is 1.22. The zero-order valence-corrected chi connectivity index (χ0v) is 16.2. The zero-order valence-electron chi connectivity index (χ0n) is 15.4. The van der Waals surface area contributed by atoms with Gasteiger partial charge in [-0.05, 0) is 42.8 Å². The maximum Gasteiger partial charge on any atom is 0.364 e. The fourth-order valence-corrected chi connectivity index (χ4v) is 4.57. The first-order valence-corrected chi connectivity index (χ1v) is 10.4. The molecular weight excluding hydrogens is 380 g/mol. The first kappa shape index (κ1) is 18.2. The van der Waals surface area contributed by atoms with Gasteiger partial charge in [0.25, 0.3) is 0 Å². The minimum absolute atomic E-state index is 0.143. The van der Waals surface area contributed by atoms with Gasteiger partial charge in [-0.15, -0.1) is 0 Å². The first-order valence-electron chi connectivity index (χ1n) is 8.70. The number of aryl methyl sites for hydroxylation is 1. The molecule has 2 heterocycles. The van der Waals surface area contributed by atoms with Crippen molar-refractivity contribution in [2.45, 2.75) is 24.1 Å². The van der Waals surface area contributed by atoms with Crippen molar-refractivity contribution in [3.8, 4) is 5.75 Å². The first-order chi connectivity index (χ1) is 13.4. The van der Waals surface area contributed by atoms with E-state index in [2.05, 4.69) is 4.98 Å². The molecule has 0 amide bonds. The summed E-state index contributed by atoms with van der Waals surface area (Å²) in [4.78, 5) is 16.4. The van der Waals surface area contributed by atoms with Crippen LogP contribution in [0.2, 0.25) is 0 Å². The third kappa shape index (κ3) is 3.05. The Kier molecular flexibility index (Phi) is 4.43. The van der Waals surface area contributed by atoms with Gasteiger partial charge >= 0.3 is 5.63 Å². The molecule has 0 radical (unpaired) electrons. The molecule has 0 aliphatic rings. The van der Waals surface area contributed by atoms with E-state index in [1.165, 1.54) is 12.1 Å². The van der Waals surface area contributed by atoms with Crippen LogP contribution in [-0.2, 0) is 22.1 Å². The number of imidazole rings is 1. The fraction of sp³-hybridized carbons (Fsp3) is 0.200. The number of rotatable bonds is 5. The van der Waals surface area contributed by atoms with Crippen LogP contribution in [0, 0.1) is 0 Å². The second kappa shape index (κ2) is 6.79. The highest BCUT2D eigenvalue weighted by molar-refractivity contribution is 7.90. The molecule has 4 rings (SSSR count). The number of benzene rings is 2. The number of aromatic nitrogens is 2. The monoisotopic (exact) mass is 398 g/mol. The molecule has 0 unspecified atom stereocenters. The van der Waals surface area contributed by atoms with Gasteiger partial charge in [0.2, 0.25) is 0 Å². The van der Waals surface area contributed by atoms with Crippen LogP contribution in [0.5, 0.6) is 5.75 Å². The van der Waals surface area contributed by atoms with E-state index in [9.17, 15) is 13.2 Å². The molecule has 8 heteroatoms. The van der Waals surface area contributed by atoms with E-state index in [0.29, 0.717) is 34.3 Å². The van der Waals surface area contributed by atoms with Gasteiger partial charge in [-0.25, -0.2) is 18.2 Å². The Morgan fingerprint density at radius 1 is 1.14 bits per heavy atom. The van der Waals surface area contributed by atoms with E-state index in [0.717, 1.165) is 0 Å². The Balaban J connectivity index is 1.83. The summed E-state index contributed by atoms with van der Waals surface area (Å²) in [6.45, 7) is 2.52. The molecule has 7 nitrogen and oxygen atoms in total. The van der Waals surface area contributed by atoms with E-state index in [1.54, 1.807) is 48.3 Å². The van der Waals surface area contributed by atoms with Gasteiger partial charge in [0.05, 0.1) is 29.6 Å². The van der Waals surface area contributed by atoms with Gasteiger partial charge < -0.3 is 13.7 Å². The van der Waals surface area contributed by atoms with Crippen molar-refractivity contribution in [2.75, 3.05) is 7.11 Å². The third-order valence-corrected chi connectivity index (χ3v) is 6.34. The molecule has 0 aliphatic carbocycles. The average molecular weight is 398 g/mol. The summed E-state index contributed by atoms with van der Waals surface area (Å²) in [7, 11) is -2.04. The van der Waals surface area contributed by atoms with E-state index in [-0.39, 0.29) is 16.2 Å². The van der Waals surface area contributed by atoms with E-state index in [4.69, 9.17) is 9.15 Å².